The zero-order valence-electron chi connectivity index (χ0n) is 7.82. The van der Waals surface area contributed by atoms with E-state index in [4.69, 9.17) is 5.73 Å². The molecule has 2 heterocycles. The van der Waals surface area contributed by atoms with Crippen LogP contribution in [-0.2, 0) is 6.54 Å². The molecule has 0 saturated carbocycles. The van der Waals surface area contributed by atoms with Gasteiger partial charge in [-0.25, -0.2) is 4.98 Å². The summed E-state index contributed by atoms with van der Waals surface area (Å²) in [7, 11) is 0. The van der Waals surface area contributed by atoms with Gasteiger partial charge in [-0.3, -0.25) is 9.89 Å². The maximum Gasteiger partial charge on any atom is 0.271 e. The Bertz CT molecular complexity index is 445. The maximum absolute atomic E-state index is 11.5. The van der Waals surface area contributed by atoms with Gasteiger partial charge in [0, 0.05) is 12.4 Å². The van der Waals surface area contributed by atoms with Gasteiger partial charge < -0.3 is 16.0 Å². The zero-order chi connectivity index (χ0) is 10.7. The van der Waals surface area contributed by atoms with E-state index in [9.17, 15) is 4.79 Å². The summed E-state index contributed by atoms with van der Waals surface area (Å²) >= 11 is 0. The highest BCUT2D eigenvalue weighted by molar-refractivity contribution is 5.96. The van der Waals surface area contributed by atoms with E-state index < -0.39 is 0 Å². The first kappa shape index (κ1) is 9.25. The van der Waals surface area contributed by atoms with Crippen LogP contribution in [0.15, 0.2) is 18.6 Å². The number of nitrogens with two attached hydrogens (primary N) is 1. The Morgan fingerprint density at radius 2 is 2.47 bits per heavy atom. The second-order valence-electron chi connectivity index (χ2n) is 2.92. The molecule has 0 unspecified atom stereocenters. The molecule has 0 spiro atoms. The fraction of sp³-hybridized carbons (Fsp3) is 0.125. The summed E-state index contributed by atoms with van der Waals surface area (Å²) in [5.41, 5.74) is 6.10. The van der Waals surface area contributed by atoms with E-state index in [1.807, 2.05) is 0 Å². The van der Waals surface area contributed by atoms with E-state index in [1.165, 1.54) is 6.20 Å². The van der Waals surface area contributed by atoms with Crippen LogP contribution >= 0.6 is 0 Å². The molecule has 1 amide bonds. The third kappa shape index (κ3) is 1.96. The number of H-pyrrole nitrogens is 2. The van der Waals surface area contributed by atoms with Gasteiger partial charge in [0.05, 0.1) is 18.4 Å². The number of anilines is 1. The van der Waals surface area contributed by atoms with Gasteiger partial charge in [-0.1, -0.05) is 0 Å². The number of hydrogen-bond acceptors (Lipinski definition) is 4. The van der Waals surface area contributed by atoms with Gasteiger partial charge in [-0.05, 0) is 0 Å². The average Bonchev–Trinajstić information content (AvgIpc) is 2.84. The third-order valence-electron chi connectivity index (χ3n) is 1.87. The lowest BCUT2D eigenvalue weighted by Crippen LogP contribution is -2.24. The predicted octanol–water partition coefficient (Wildman–Crippen LogP) is -0.355. The maximum atomic E-state index is 11.5. The molecular weight excluding hydrogens is 196 g/mol. The Labute approximate surface area is 85.1 Å². The molecule has 78 valence electrons. The molecule has 0 aliphatic rings. The van der Waals surface area contributed by atoms with Crippen molar-refractivity contribution in [2.45, 2.75) is 6.54 Å². The lowest BCUT2D eigenvalue weighted by atomic mass is 10.3. The van der Waals surface area contributed by atoms with Crippen molar-refractivity contribution in [2.24, 2.45) is 0 Å². The molecule has 0 aromatic carbocycles. The second kappa shape index (κ2) is 3.82. The summed E-state index contributed by atoms with van der Waals surface area (Å²) in [4.78, 5) is 18.4. The summed E-state index contributed by atoms with van der Waals surface area (Å²) in [5.74, 6) is 0.378. The summed E-state index contributed by atoms with van der Waals surface area (Å²) in [6.45, 7) is 0.324. The van der Waals surface area contributed by atoms with Crippen molar-refractivity contribution < 1.29 is 4.79 Å². The normalized spacial score (nSPS) is 10.1. The quantitative estimate of drug-likeness (QED) is 0.549. The lowest BCUT2D eigenvalue weighted by Gasteiger charge is -2.01. The minimum absolute atomic E-state index is 0.265. The molecule has 0 fully saturated rings. The monoisotopic (exact) mass is 206 g/mol. The fourth-order valence-electron chi connectivity index (χ4n) is 1.12. The van der Waals surface area contributed by atoms with Crippen LogP contribution in [0.5, 0.6) is 0 Å². The molecule has 15 heavy (non-hydrogen) atoms. The molecule has 0 atom stereocenters. The topological polar surface area (TPSA) is 112 Å². The van der Waals surface area contributed by atoms with Crippen LogP contribution in [0.3, 0.4) is 0 Å². The van der Waals surface area contributed by atoms with Gasteiger partial charge in [0.25, 0.3) is 5.91 Å². The number of rotatable bonds is 3. The number of imidazole rings is 1. The summed E-state index contributed by atoms with van der Waals surface area (Å²) in [6, 6.07) is 0. The zero-order valence-corrected chi connectivity index (χ0v) is 7.82. The first-order chi connectivity index (χ1) is 7.27. The lowest BCUT2D eigenvalue weighted by molar-refractivity contribution is 0.0946. The van der Waals surface area contributed by atoms with Crippen molar-refractivity contribution in [3.05, 3.63) is 30.1 Å². The molecule has 0 aliphatic heterocycles. The van der Waals surface area contributed by atoms with E-state index in [0.717, 1.165) is 0 Å². The Morgan fingerprint density at radius 3 is 3.07 bits per heavy atom. The number of aromatic amines is 2. The van der Waals surface area contributed by atoms with Crippen LogP contribution in [0.25, 0.3) is 0 Å². The van der Waals surface area contributed by atoms with Crippen LogP contribution in [-0.4, -0.2) is 26.1 Å². The van der Waals surface area contributed by atoms with Crippen molar-refractivity contribution in [1.82, 2.24) is 25.5 Å². The highest BCUT2D eigenvalue weighted by Crippen LogP contribution is 2.05. The van der Waals surface area contributed by atoms with Gasteiger partial charge in [0.15, 0.2) is 0 Å². The van der Waals surface area contributed by atoms with Crippen LogP contribution in [0, 0.1) is 0 Å². The third-order valence-corrected chi connectivity index (χ3v) is 1.87. The van der Waals surface area contributed by atoms with Crippen molar-refractivity contribution in [3.63, 3.8) is 0 Å². The summed E-state index contributed by atoms with van der Waals surface area (Å²) < 4.78 is 0. The van der Waals surface area contributed by atoms with E-state index in [2.05, 4.69) is 25.5 Å². The van der Waals surface area contributed by atoms with Crippen LogP contribution in [0.1, 0.15) is 16.3 Å². The Balaban J connectivity index is 1.96. The van der Waals surface area contributed by atoms with E-state index in [0.29, 0.717) is 18.1 Å². The first-order valence-electron chi connectivity index (χ1n) is 4.32. The molecule has 5 N–H and O–H groups in total. The number of nitrogens with zero attached hydrogens (tertiary/aromatic N) is 2. The average molecular weight is 206 g/mol. The minimum atomic E-state index is -0.304. The molecule has 7 nitrogen and oxygen atoms in total. The molecule has 2 aromatic heterocycles. The van der Waals surface area contributed by atoms with Crippen molar-refractivity contribution in [3.8, 4) is 0 Å². The molecule has 0 radical (unpaired) electrons. The number of carbonyl (C=O) groups excluding carboxylic acids is 1. The smallest absolute Gasteiger partial charge is 0.271 e. The van der Waals surface area contributed by atoms with Crippen molar-refractivity contribution in [1.29, 1.82) is 0 Å². The number of nitrogen functional groups attached to an aromatic ring is 1. The summed E-state index contributed by atoms with van der Waals surface area (Å²) in [6.07, 6.45) is 4.69. The molecule has 0 aliphatic carbocycles. The first-order valence-corrected chi connectivity index (χ1v) is 4.32. The Hall–Kier alpha value is -2.31. The van der Waals surface area contributed by atoms with Crippen molar-refractivity contribution in [2.75, 3.05) is 5.73 Å². The molecule has 2 aromatic rings. The molecule has 0 bridgehead atoms. The molecular formula is C8H10N6O. The van der Waals surface area contributed by atoms with Gasteiger partial charge in [0.2, 0.25) is 0 Å². The fourth-order valence-corrected chi connectivity index (χ4v) is 1.12. The number of hydrogen-bond donors (Lipinski definition) is 4. The van der Waals surface area contributed by atoms with Crippen LogP contribution in [0.2, 0.25) is 0 Å². The molecule has 7 heteroatoms. The Kier molecular flexibility index (Phi) is 2.36. The second-order valence-corrected chi connectivity index (χ2v) is 2.92. The minimum Gasteiger partial charge on any atom is -0.396 e. The molecule has 0 saturated heterocycles. The van der Waals surface area contributed by atoms with E-state index in [1.54, 1.807) is 12.4 Å². The number of aromatic nitrogens is 4. The van der Waals surface area contributed by atoms with Gasteiger partial charge >= 0.3 is 0 Å². The van der Waals surface area contributed by atoms with E-state index >= 15 is 0 Å². The van der Waals surface area contributed by atoms with Crippen LogP contribution < -0.4 is 11.1 Å². The largest absolute Gasteiger partial charge is 0.396 e. The van der Waals surface area contributed by atoms with Gasteiger partial charge in [0.1, 0.15) is 11.5 Å². The SMILES string of the molecule is Nc1cn[nH]c1C(=O)NCc1ncc[nH]1. The highest BCUT2D eigenvalue weighted by Gasteiger charge is 2.11. The Morgan fingerprint density at radius 1 is 1.60 bits per heavy atom. The molecule has 2 rings (SSSR count). The number of carbonyl (C=O) groups is 1. The van der Waals surface area contributed by atoms with E-state index in [-0.39, 0.29) is 11.6 Å². The van der Waals surface area contributed by atoms with Gasteiger partial charge in [-0.2, -0.15) is 5.10 Å². The van der Waals surface area contributed by atoms with Crippen LogP contribution in [0.4, 0.5) is 5.69 Å². The van der Waals surface area contributed by atoms with Crippen molar-refractivity contribution >= 4 is 11.6 Å². The number of amides is 1. The highest BCUT2D eigenvalue weighted by atomic mass is 16.1. The summed E-state index contributed by atoms with van der Waals surface area (Å²) in [5, 5.41) is 8.82. The standard InChI is InChI=1S/C8H10N6O/c9-5-3-13-14-7(5)8(15)12-4-6-10-1-2-11-6/h1-3H,4,9H2,(H,10,11)(H,12,15)(H,13,14). The van der Waals surface area contributed by atoms with Gasteiger partial charge in [-0.15, -0.1) is 0 Å². The predicted molar refractivity (Wildman–Crippen MR) is 52.8 cm³/mol. The number of nitrogens with one attached hydrogen (secondary N) is 3.